The molecule has 5 nitrogen and oxygen atoms in total. The van der Waals surface area contributed by atoms with Crippen molar-refractivity contribution < 1.29 is 4.79 Å². The summed E-state index contributed by atoms with van der Waals surface area (Å²) in [6.45, 7) is 9.12. The Morgan fingerprint density at radius 1 is 1.18 bits per heavy atom. The Labute approximate surface area is 166 Å². The molecule has 1 aliphatic rings. The fraction of sp³-hybridized carbons (Fsp3) is 0.391. The highest BCUT2D eigenvalue weighted by Crippen LogP contribution is 2.37. The Kier molecular flexibility index (Phi) is 5.18. The number of nitrogens with zero attached hydrogens (tertiary/aromatic N) is 3. The third-order valence-corrected chi connectivity index (χ3v) is 5.80. The number of carbonyl (C=O) groups excluding carboxylic acids is 1. The van der Waals surface area contributed by atoms with Gasteiger partial charge in [-0.2, -0.15) is 0 Å². The van der Waals surface area contributed by atoms with E-state index in [1.165, 1.54) is 10.9 Å². The van der Waals surface area contributed by atoms with Crippen LogP contribution in [0.1, 0.15) is 42.5 Å². The van der Waals surface area contributed by atoms with Gasteiger partial charge in [-0.25, -0.2) is 0 Å². The largest absolute Gasteiger partial charge is 0.356 e. The van der Waals surface area contributed by atoms with E-state index in [9.17, 15) is 4.79 Å². The molecule has 1 amide bonds. The van der Waals surface area contributed by atoms with E-state index in [2.05, 4.69) is 41.9 Å². The van der Waals surface area contributed by atoms with Crippen molar-refractivity contribution in [2.45, 2.75) is 33.2 Å². The number of nitrogens with one attached hydrogen (secondary N) is 1. The molecule has 0 bridgehead atoms. The lowest BCUT2D eigenvalue weighted by atomic mass is 9.94. The van der Waals surface area contributed by atoms with Crippen molar-refractivity contribution in [1.82, 2.24) is 19.8 Å². The van der Waals surface area contributed by atoms with E-state index in [4.69, 9.17) is 4.98 Å². The lowest BCUT2D eigenvalue weighted by Crippen LogP contribution is -2.45. The first kappa shape index (κ1) is 18.7. The lowest BCUT2D eigenvalue weighted by molar-refractivity contribution is -0.134. The van der Waals surface area contributed by atoms with Gasteiger partial charge in [-0.3, -0.25) is 14.7 Å². The van der Waals surface area contributed by atoms with Crippen molar-refractivity contribution in [2.75, 3.05) is 26.2 Å². The molecule has 1 aromatic carbocycles. The fourth-order valence-corrected chi connectivity index (χ4v) is 4.26. The molecule has 0 saturated heterocycles. The predicted molar refractivity (Wildman–Crippen MR) is 112 cm³/mol. The van der Waals surface area contributed by atoms with E-state index in [-0.39, 0.29) is 11.9 Å². The molecule has 2 aromatic heterocycles. The quantitative estimate of drug-likeness (QED) is 0.739. The van der Waals surface area contributed by atoms with Crippen LogP contribution in [0.5, 0.6) is 0 Å². The van der Waals surface area contributed by atoms with Gasteiger partial charge in [0.2, 0.25) is 5.91 Å². The van der Waals surface area contributed by atoms with Gasteiger partial charge in [0.25, 0.3) is 0 Å². The maximum absolute atomic E-state index is 13.3. The van der Waals surface area contributed by atoms with Gasteiger partial charge in [-0.15, -0.1) is 0 Å². The van der Waals surface area contributed by atoms with E-state index in [0.717, 1.165) is 48.7 Å². The summed E-state index contributed by atoms with van der Waals surface area (Å²) in [5.41, 5.74) is 5.45. The predicted octanol–water partition coefficient (Wildman–Crippen LogP) is 3.69. The second-order valence-electron chi connectivity index (χ2n) is 7.47. The van der Waals surface area contributed by atoms with Crippen LogP contribution in [-0.4, -0.2) is 51.9 Å². The number of aromatic amines is 1. The van der Waals surface area contributed by atoms with Crippen LogP contribution in [-0.2, 0) is 11.2 Å². The maximum Gasteiger partial charge on any atom is 0.237 e. The number of hydrogen-bond acceptors (Lipinski definition) is 3. The standard InChI is InChI=1S/C23H28N4O/c1-4-26(5-2)15-21(28)27-14-13-18-17-10-6-7-11-19(17)25-22(18)23(27)20-12-8-9-16(3)24-20/h6-12,23,25H,4-5,13-15H2,1-3H3. The molecular formula is C23H28N4O. The number of carbonyl (C=O) groups is 1. The second kappa shape index (κ2) is 7.76. The summed E-state index contributed by atoms with van der Waals surface area (Å²) < 4.78 is 0. The Bertz CT molecular complexity index is 989. The zero-order valence-electron chi connectivity index (χ0n) is 16.9. The maximum atomic E-state index is 13.3. The zero-order valence-corrected chi connectivity index (χ0v) is 16.9. The lowest BCUT2D eigenvalue weighted by Gasteiger charge is -2.36. The zero-order chi connectivity index (χ0) is 19.7. The topological polar surface area (TPSA) is 52.2 Å². The number of aromatic nitrogens is 2. The number of rotatable bonds is 5. The third-order valence-electron chi connectivity index (χ3n) is 5.80. The van der Waals surface area contributed by atoms with E-state index in [1.807, 2.05) is 36.1 Å². The summed E-state index contributed by atoms with van der Waals surface area (Å²) in [5.74, 6) is 0.168. The Morgan fingerprint density at radius 3 is 2.71 bits per heavy atom. The number of para-hydroxylation sites is 1. The number of fused-ring (bicyclic) bond motifs is 3. The van der Waals surface area contributed by atoms with Crippen LogP contribution >= 0.6 is 0 Å². The molecule has 3 aromatic rings. The third kappa shape index (κ3) is 3.31. The molecule has 1 N–H and O–H groups in total. The molecule has 0 spiro atoms. The molecule has 0 fully saturated rings. The fourth-order valence-electron chi connectivity index (χ4n) is 4.26. The van der Waals surface area contributed by atoms with E-state index < -0.39 is 0 Å². The second-order valence-corrected chi connectivity index (χ2v) is 7.47. The van der Waals surface area contributed by atoms with Crippen LogP contribution in [0.4, 0.5) is 0 Å². The average Bonchev–Trinajstić information content (AvgIpc) is 3.09. The summed E-state index contributed by atoms with van der Waals surface area (Å²) >= 11 is 0. The highest BCUT2D eigenvalue weighted by Gasteiger charge is 2.35. The van der Waals surface area contributed by atoms with Crippen LogP contribution in [0.25, 0.3) is 10.9 Å². The minimum atomic E-state index is -0.167. The van der Waals surface area contributed by atoms with Gasteiger partial charge in [0.1, 0.15) is 6.04 Å². The SMILES string of the molecule is CCN(CC)CC(=O)N1CCc2c([nH]c3ccccc23)C1c1cccc(C)n1. The number of amides is 1. The highest BCUT2D eigenvalue weighted by molar-refractivity contribution is 5.86. The number of likely N-dealkylation sites (N-methyl/N-ethyl adjacent to an activating group) is 1. The van der Waals surface area contributed by atoms with Crippen LogP contribution < -0.4 is 0 Å². The highest BCUT2D eigenvalue weighted by atomic mass is 16.2. The number of pyridine rings is 1. The Morgan fingerprint density at radius 2 is 1.96 bits per heavy atom. The molecule has 1 atom stereocenters. The molecule has 146 valence electrons. The van der Waals surface area contributed by atoms with E-state index in [0.29, 0.717) is 6.54 Å². The van der Waals surface area contributed by atoms with Gasteiger partial charge < -0.3 is 9.88 Å². The van der Waals surface area contributed by atoms with Gasteiger partial charge in [0.15, 0.2) is 0 Å². The first-order chi connectivity index (χ1) is 13.6. The van der Waals surface area contributed by atoms with Crippen LogP contribution in [0.15, 0.2) is 42.5 Å². The normalized spacial score (nSPS) is 16.6. The van der Waals surface area contributed by atoms with Crippen molar-refractivity contribution in [3.8, 4) is 0 Å². The van der Waals surface area contributed by atoms with E-state index >= 15 is 0 Å². The Balaban J connectivity index is 1.80. The van der Waals surface area contributed by atoms with E-state index in [1.54, 1.807) is 0 Å². The molecule has 1 aliphatic heterocycles. The van der Waals surface area contributed by atoms with Gasteiger partial charge in [0.05, 0.1) is 12.2 Å². The molecule has 0 saturated carbocycles. The summed E-state index contributed by atoms with van der Waals surface area (Å²) in [5, 5.41) is 1.26. The number of benzene rings is 1. The van der Waals surface area contributed by atoms with Gasteiger partial charge in [0, 0.05) is 28.8 Å². The molecule has 3 heterocycles. The molecule has 0 aliphatic carbocycles. The smallest absolute Gasteiger partial charge is 0.237 e. The number of hydrogen-bond donors (Lipinski definition) is 1. The van der Waals surface area contributed by atoms with Crippen molar-refractivity contribution >= 4 is 16.8 Å². The summed E-state index contributed by atoms with van der Waals surface area (Å²) in [7, 11) is 0. The van der Waals surface area contributed by atoms with Gasteiger partial charge in [-0.05, 0) is 50.2 Å². The molecule has 4 rings (SSSR count). The summed E-state index contributed by atoms with van der Waals surface area (Å²) in [6.07, 6.45) is 0.867. The minimum Gasteiger partial charge on any atom is -0.356 e. The number of aryl methyl sites for hydroxylation is 1. The average molecular weight is 377 g/mol. The monoisotopic (exact) mass is 376 g/mol. The van der Waals surface area contributed by atoms with Crippen molar-refractivity contribution in [3.05, 3.63) is 65.1 Å². The molecular weight excluding hydrogens is 348 g/mol. The van der Waals surface area contributed by atoms with Crippen LogP contribution in [0.3, 0.4) is 0 Å². The minimum absolute atomic E-state index is 0.167. The summed E-state index contributed by atoms with van der Waals surface area (Å²) in [6, 6.07) is 14.3. The molecule has 1 unspecified atom stereocenters. The first-order valence-corrected chi connectivity index (χ1v) is 10.2. The molecule has 5 heteroatoms. The van der Waals surface area contributed by atoms with Crippen LogP contribution in [0.2, 0.25) is 0 Å². The molecule has 28 heavy (non-hydrogen) atoms. The van der Waals surface area contributed by atoms with Gasteiger partial charge >= 0.3 is 0 Å². The van der Waals surface area contributed by atoms with Gasteiger partial charge in [-0.1, -0.05) is 38.1 Å². The number of H-pyrrole nitrogens is 1. The summed E-state index contributed by atoms with van der Waals surface area (Å²) in [4.78, 5) is 25.8. The van der Waals surface area contributed by atoms with Crippen molar-refractivity contribution in [1.29, 1.82) is 0 Å². The van der Waals surface area contributed by atoms with Crippen molar-refractivity contribution in [3.63, 3.8) is 0 Å². The van der Waals surface area contributed by atoms with Crippen molar-refractivity contribution in [2.24, 2.45) is 0 Å². The molecule has 0 radical (unpaired) electrons. The van der Waals surface area contributed by atoms with Crippen LogP contribution in [0, 0.1) is 6.92 Å². The Hall–Kier alpha value is -2.66. The first-order valence-electron chi connectivity index (χ1n) is 10.2.